The Hall–Kier alpha value is -1.27. The quantitative estimate of drug-likeness (QED) is 0.554. The lowest BCUT2D eigenvalue weighted by atomic mass is 10.2. The molecule has 6 heteroatoms. The molecule has 0 saturated carbocycles. The van der Waals surface area contributed by atoms with Gasteiger partial charge in [-0.15, -0.1) is 11.8 Å². The van der Waals surface area contributed by atoms with E-state index in [-0.39, 0.29) is 17.5 Å². The summed E-state index contributed by atoms with van der Waals surface area (Å²) in [5.41, 5.74) is 5.35. The first-order valence-corrected chi connectivity index (χ1v) is 5.43. The summed E-state index contributed by atoms with van der Waals surface area (Å²) in [6.45, 7) is 1.69. The standard InChI is InChI=1S/C10H12FNO3S/c1-5(4-13)16-9-3-7(11)6(10(14)15)2-8(9)12/h2-3,5,13H,4,12H2,1H3,(H,14,15). The van der Waals surface area contributed by atoms with Gasteiger partial charge in [0, 0.05) is 15.8 Å². The number of carboxylic acid groups (broad SMARTS) is 1. The fraction of sp³-hybridized carbons (Fsp3) is 0.300. The fourth-order valence-electron chi connectivity index (χ4n) is 1.09. The molecule has 0 spiro atoms. The largest absolute Gasteiger partial charge is 0.478 e. The minimum atomic E-state index is -1.35. The predicted molar refractivity (Wildman–Crippen MR) is 60.2 cm³/mol. The summed E-state index contributed by atoms with van der Waals surface area (Å²) in [5, 5.41) is 17.4. The van der Waals surface area contributed by atoms with Gasteiger partial charge in [-0.2, -0.15) is 0 Å². The van der Waals surface area contributed by atoms with Crippen molar-refractivity contribution >= 4 is 23.4 Å². The minimum absolute atomic E-state index is 0.0631. The molecule has 0 amide bonds. The molecule has 0 bridgehead atoms. The van der Waals surface area contributed by atoms with Crippen LogP contribution in [0.25, 0.3) is 0 Å². The van der Waals surface area contributed by atoms with Crippen LogP contribution in [0.2, 0.25) is 0 Å². The molecule has 0 heterocycles. The molecule has 88 valence electrons. The second-order valence-electron chi connectivity index (χ2n) is 3.29. The van der Waals surface area contributed by atoms with E-state index in [1.54, 1.807) is 6.92 Å². The lowest BCUT2D eigenvalue weighted by Crippen LogP contribution is -2.06. The molecule has 1 aromatic carbocycles. The van der Waals surface area contributed by atoms with Gasteiger partial charge in [0.1, 0.15) is 5.82 Å². The smallest absolute Gasteiger partial charge is 0.338 e. The third kappa shape index (κ3) is 2.86. The number of benzene rings is 1. The summed E-state index contributed by atoms with van der Waals surface area (Å²) in [4.78, 5) is 11.1. The summed E-state index contributed by atoms with van der Waals surface area (Å²) >= 11 is 1.20. The second kappa shape index (κ2) is 5.18. The van der Waals surface area contributed by atoms with Crippen molar-refractivity contribution in [1.82, 2.24) is 0 Å². The maximum absolute atomic E-state index is 13.3. The summed E-state index contributed by atoms with van der Waals surface area (Å²) in [6.07, 6.45) is 0. The molecule has 4 N–H and O–H groups in total. The van der Waals surface area contributed by atoms with Crippen molar-refractivity contribution < 1.29 is 19.4 Å². The van der Waals surface area contributed by atoms with Gasteiger partial charge >= 0.3 is 5.97 Å². The van der Waals surface area contributed by atoms with E-state index in [0.29, 0.717) is 4.90 Å². The monoisotopic (exact) mass is 245 g/mol. The molecule has 0 saturated heterocycles. The van der Waals surface area contributed by atoms with E-state index in [1.807, 2.05) is 0 Å². The van der Waals surface area contributed by atoms with Gasteiger partial charge in [0.25, 0.3) is 0 Å². The zero-order valence-electron chi connectivity index (χ0n) is 8.61. The van der Waals surface area contributed by atoms with Crippen LogP contribution in [0, 0.1) is 5.82 Å². The van der Waals surface area contributed by atoms with E-state index in [1.165, 1.54) is 11.8 Å². The van der Waals surface area contributed by atoms with Gasteiger partial charge in [-0.1, -0.05) is 6.92 Å². The normalized spacial score (nSPS) is 12.4. The minimum Gasteiger partial charge on any atom is -0.478 e. The molecule has 0 aliphatic heterocycles. The average molecular weight is 245 g/mol. The Kier molecular flexibility index (Phi) is 4.14. The first kappa shape index (κ1) is 12.8. The van der Waals surface area contributed by atoms with Crippen molar-refractivity contribution in [2.45, 2.75) is 17.1 Å². The highest BCUT2D eigenvalue weighted by Gasteiger charge is 2.15. The van der Waals surface area contributed by atoms with Crippen molar-refractivity contribution in [1.29, 1.82) is 0 Å². The number of aromatic carboxylic acids is 1. The number of hydrogen-bond acceptors (Lipinski definition) is 4. The molecule has 4 nitrogen and oxygen atoms in total. The van der Waals surface area contributed by atoms with Gasteiger partial charge in [0.05, 0.1) is 12.2 Å². The zero-order valence-corrected chi connectivity index (χ0v) is 9.42. The second-order valence-corrected chi connectivity index (χ2v) is 4.77. The van der Waals surface area contributed by atoms with Crippen LogP contribution < -0.4 is 5.73 Å². The molecule has 0 aliphatic carbocycles. The van der Waals surface area contributed by atoms with Crippen LogP contribution in [0.3, 0.4) is 0 Å². The van der Waals surface area contributed by atoms with E-state index in [9.17, 15) is 9.18 Å². The van der Waals surface area contributed by atoms with Crippen LogP contribution in [0.5, 0.6) is 0 Å². The summed E-state index contributed by atoms with van der Waals surface area (Å²) < 4.78 is 13.3. The van der Waals surface area contributed by atoms with Crippen LogP contribution in [0.15, 0.2) is 17.0 Å². The van der Waals surface area contributed by atoms with Crippen LogP contribution in [0.4, 0.5) is 10.1 Å². The number of thioether (sulfide) groups is 1. The number of anilines is 1. The molecule has 0 aromatic heterocycles. The van der Waals surface area contributed by atoms with E-state index < -0.39 is 17.3 Å². The molecular weight excluding hydrogens is 233 g/mol. The maximum atomic E-state index is 13.3. The highest BCUT2D eigenvalue weighted by atomic mass is 32.2. The van der Waals surface area contributed by atoms with Crippen LogP contribution >= 0.6 is 11.8 Å². The first-order chi connectivity index (χ1) is 7.45. The van der Waals surface area contributed by atoms with Crippen LogP contribution in [-0.2, 0) is 0 Å². The Bertz CT molecular complexity index is 411. The van der Waals surface area contributed by atoms with Gasteiger partial charge in [-0.3, -0.25) is 0 Å². The molecule has 1 atom stereocenters. The van der Waals surface area contributed by atoms with Crippen LogP contribution in [-0.4, -0.2) is 28.0 Å². The van der Waals surface area contributed by atoms with Crippen LogP contribution in [0.1, 0.15) is 17.3 Å². The number of carboxylic acids is 1. The Balaban J connectivity index is 3.05. The molecule has 0 fully saturated rings. The maximum Gasteiger partial charge on any atom is 0.338 e. The van der Waals surface area contributed by atoms with E-state index in [4.69, 9.17) is 15.9 Å². The Morgan fingerprint density at radius 2 is 2.25 bits per heavy atom. The van der Waals surface area contributed by atoms with Crippen molar-refractivity contribution in [3.8, 4) is 0 Å². The number of halogens is 1. The van der Waals surface area contributed by atoms with Gasteiger partial charge in [-0.05, 0) is 12.1 Å². The number of rotatable bonds is 4. The predicted octanol–water partition coefficient (Wildman–Crippen LogP) is 1.58. The molecule has 16 heavy (non-hydrogen) atoms. The van der Waals surface area contributed by atoms with Crippen molar-refractivity contribution in [2.75, 3.05) is 12.3 Å². The highest BCUT2D eigenvalue weighted by Crippen LogP contribution is 2.30. The van der Waals surface area contributed by atoms with E-state index >= 15 is 0 Å². The van der Waals surface area contributed by atoms with E-state index in [0.717, 1.165) is 12.1 Å². The molecule has 1 unspecified atom stereocenters. The van der Waals surface area contributed by atoms with Gasteiger partial charge < -0.3 is 15.9 Å². The summed E-state index contributed by atoms with van der Waals surface area (Å²) in [7, 11) is 0. The first-order valence-electron chi connectivity index (χ1n) is 4.55. The Morgan fingerprint density at radius 3 is 2.75 bits per heavy atom. The number of carbonyl (C=O) groups is 1. The lowest BCUT2D eigenvalue weighted by Gasteiger charge is -2.11. The topological polar surface area (TPSA) is 83.5 Å². The molecular formula is C10H12FNO3S. The van der Waals surface area contributed by atoms with Gasteiger partial charge in [-0.25, -0.2) is 9.18 Å². The zero-order chi connectivity index (χ0) is 12.3. The number of hydrogen-bond donors (Lipinski definition) is 3. The number of aliphatic hydroxyl groups excluding tert-OH is 1. The van der Waals surface area contributed by atoms with Crippen molar-refractivity contribution in [3.05, 3.63) is 23.5 Å². The fourth-order valence-corrected chi connectivity index (χ4v) is 1.97. The third-order valence-corrected chi connectivity index (χ3v) is 3.07. The lowest BCUT2D eigenvalue weighted by molar-refractivity contribution is 0.0692. The molecule has 1 aromatic rings. The van der Waals surface area contributed by atoms with Crippen molar-refractivity contribution in [3.63, 3.8) is 0 Å². The average Bonchev–Trinajstić information content (AvgIpc) is 2.22. The highest BCUT2D eigenvalue weighted by molar-refractivity contribution is 8.00. The number of aliphatic hydroxyl groups is 1. The number of nitrogens with two attached hydrogens (primary N) is 1. The Labute approximate surface area is 96.3 Å². The van der Waals surface area contributed by atoms with Gasteiger partial charge in [0.2, 0.25) is 0 Å². The third-order valence-electron chi connectivity index (χ3n) is 1.92. The molecule has 0 aliphatic rings. The van der Waals surface area contributed by atoms with Crippen molar-refractivity contribution in [2.24, 2.45) is 0 Å². The molecule has 1 rings (SSSR count). The van der Waals surface area contributed by atoms with E-state index in [2.05, 4.69) is 0 Å². The van der Waals surface area contributed by atoms with Gasteiger partial charge in [0.15, 0.2) is 0 Å². The summed E-state index contributed by atoms with van der Waals surface area (Å²) in [6, 6.07) is 2.17. The Morgan fingerprint density at radius 1 is 1.62 bits per heavy atom. The SMILES string of the molecule is CC(CO)Sc1cc(F)c(C(=O)O)cc1N. The number of nitrogen functional groups attached to an aromatic ring is 1. The molecule has 0 radical (unpaired) electrons. The summed E-state index contributed by atoms with van der Waals surface area (Å²) in [5.74, 6) is -2.18.